The number of anilines is 1. The van der Waals surface area contributed by atoms with Crippen molar-refractivity contribution < 1.29 is 9.53 Å². The third kappa shape index (κ3) is 4.18. The average molecular weight is 286 g/mol. The Hall–Kier alpha value is -2.10. The zero-order valence-electron chi connectivity index (χ0n) is 13.1. The van der Waals surface area contributed by atoms with Gasteiger partial charge in [0.25, 0.3) is 0 Å². The summed E-state index contributed by atoms with van der Waals surface area (Å²) in [5, 5.41) is 3.76. The van der Waals surface area contributed by atoms with E-state index in [-0.39, 0.29) is 0 Å². The molecule has 0 radical (unpaired) electrons. The van der Waals surface area contributed by atoms with Crippen LogP contribution < -0.4 is 5.32 Å². The van der Waals surface area contributed by atoms with Crippen molar-refractivity contribution in [3.05, 3.63) is 36.0 Å². The molecule has 1 amide bonds. The predicted octanol–water partition coefficient (Wildman–Crippen LogP) is 4.53. The van der Waals surface area contributed by atoms with Gasteiger partial charge in [-0.2, -0.15) is 0 Å². The Kier molecular flexibility index (Phi) is 4.46. The number of ether oxygens (including phenoxy) is 1. The lowest BCUT2D eigenvalue weighted by atomic mass is 10.1. The van der Waals surface area contributed by atoms with Gasteiger partial charge in [0.2, 0.25) is 0 Å². The lowest BCUT2D eigenvalue weighted by molar-refractivity contribution is 0.0636. The summed E-state index contributed by atoms with van der Waals surface area (Å²) in [6.45, 7) is 7.65. The molecule has 0 aliphatic rings. The number of rotatable bonds is 3. The molecule has 112 valence electrons. The zero-order chi connectivity index (χ0) is 15.5. The van der Waals surface area contributed by atoms with Crippen molar-refractivity contribution in [1.82, 2.24) is 4.98 Å². The van der Waals surface area contributed by atoms with Gasteiger partial charge in [0, 0.05) is 11.1 Å². The van der Waals surface area contributed by atoms with Crippen molar-refractivity contribution in [3.8, 4) is 0 Å². The maximum atomic E-state index is 12.0. The van der Waals surface area contributed by atoms with Gasteiger partial charge in [-0.25, -0.2) is 4.79 Å². The van der Waals surface area contributed by atoms with E-state index in [0.29, 0.717) is 0 Å². The minimum absolute atomic E-state index is 0.443. The van der Waals surface area contributed by atoms with Crippen LogP contribution in [0.4, 0.5) is 10.5 Å². The number of carbonyl (C=O) groups is 1. The lowest BCUT2D eigenvalue weighted by Gasteiger charge is -2.20. The Morgan fingerprint density at radius 2 is 2.00 bits per heavy atom. The van der Waals surface area contributed by atoms with Gasteiger partial charge in [-0.15, -0.1) is 0 Å². The molecular formula is C17H22N2O2. The largest absolute Gasteiger partial charge is 0.444 e. The van der Waals surface area contributed by atoms with E-state index in [0.717, 1.165) is 35.1 Å². The minimum Gasteiger partial charge on any atom is -0.444 e. The molecule has 4 nitrogen and oxygen atoms in total. The quantitative estimate of drug-likeness (QED) is 0.901. The van der Waals surface area contributed by atoms with E-state index >= 15 is 0 Å². The van der Waals surface area contributed by atoms with E-state index in [4.69, 9.17) is 4.74 Å². The summed E-state index contributed by atoms with van der Waals surface area (Å²) in [5.74, 6) is 0. The molecule has 2 aromatic rings. The number of benzene rings is 1. The molecule has 0 bridgehead atoms. The molecule has 1 aromatic heterocycles. The summed E-state index contributed by atoms with van der Waals surface area (Å²) in [5.41, 5.74) is 2.09. The Bertz CT molecular complexity index is 645. The first kappa shape index (κ1) is 15.3. The average Bonchev–Trinajstić information content (AvgIpc) is 2.37. The first-order valence-corrected chi connectivity index (χ1v) is 7.27. The van der Waals surface area contributed by atoms with E-state index in [1.807, 2.05) is 51.1 Å². The Labute approximate surface area is 125 Å². The number of para-hydroxylation sites is 1. The molecular weight excluding hydrogens is 264 g/mol. The number of carbonyl (C=O) groups excluding carboxylic acids is 1. The minimum atomic E-state index is -0.515. The SMILES string of the molecule is CCCc1cc(NC(=O)OC(C)(C)C)c2ccccc2n1. The molecule has 1 N–H and O–H groups in total. The predicted molar refractivity (Wildman–Crippen MR) is 85.6 cm³/mol. The number of nitrogens with zero attached hydrogens (tertiary/aromatic N) is 1. The summed E-state index contributed by atoms with van der Waals surface area (Å²) < 4.78 is 5.32. The molecule has 1 aromatic carbocycles. The van der Waals surface area contributed by atoms with Crippen LogP contribution in [0.5, 0.6) is 0 Å². The van der Waals surface area contributed by atoms with Crippen LogP contribution in [-0.2, 0) is 11.2 Å². The molecule has 0 unspecified atom stereocenters. The molecule has 0 saturated heterocycles. The van der Waals surface area contributed by atoms with Crippen LogP contribution in [0.3, 0.4) is 0 Å². The van der Waals surface area contributed by atoms with Crippen molar-refractivity contribution in [2.75, 3.05) is 5.32 Å². The second-order valence-corrected chi connectivity index (χ2v) is 6.06. The van der Waals surface area contributed by atoms with Gasteiger partial charge in [-0.1, -0.05) is 31.5 Å². The molecule has 0 aliphatic heterocycles. The van der Waals surface area contributed by atoms with Gasteiger partial charge >= 0.3 is 6.09 Å². The van der Waals surface area contributed by atoms with Crippen LogP contribution in [-0.4, -0.2) is 16.7 Å². The second kappa shape index (κ2) is 6.12. The molecule has 0 atom stereocenters. The summed E-state index contributed by atoms with van der Waals surface area (Å²) in [4.78, 5) is 16.6. The monoisotopic (exact) mass is 286 g/mol. The highest BCUT2D eigenvalue weighted by molar-refractivity contribution is 5.98. The molecule has 0 spiro atoms. The van der Waals surface area contributed by atoms with Crippen LogP contribution >= 0.6 is 0 Å². The fourth-order valence-corrected chi connectivity index (χ4v) is 2.13. The van der Waals surface area contributed by atoms with E-state index < -0.39 is 11.7 Å². The molecule has 21 heavy (non-hydrogen) atoms. The van der Waals surface area contributed by atoms with Crippen molar-refractivity contribution in [1.29, 1.82) is 0 Å². The highest BCUT2D eigenvalue weighted by Gasteiger charge is 2.17. The van der Waals surface area contributed by atoms with E-state index in [1.165, 1.54) is 0 Å². The van der Waals surface area contributed by atoms with Gasteiger partial charge in [0.15, 0.2) is 0 Å². The number of aromatic nitrogens is 1. The van der Waals surface area contributed by atoms with Gasteiger partial charge in [-0.3, -0.25) is 10.3 Å². The Balaban J connectivity index is 2.34. The van der Waals surface area contributed by atoms with Crippen molar-refractivity contribution in [2.24, 2.45) is 0 Å². The number of hydrogen-bond donors (Lipinski definition) is 1. The van der Waals surface area contributed by atoms with E-state index in [2.05, 4.69) is 17.2 Å². The molecule has 4 heteroatoms. The fourth-order valence-electron chi connectivity index (χ4n) is 2.13. The Morgan fingerprint density at radius 1 is 1.29 bits per heavy atom. The van der Waals surface area contributed by atoms with E-state index in [9.17, 15) is 4.79 Å². The maximum Gasteiger partial charge on any atom is 0.412 e. The van der Waals surface area contributed by atoms with Crippen LogP contribution in [0.2, 0.25) is 0 Å². The highest BCUT2D eigenvalue weighted by Crippen LogP contribution is 2.24. The normalized spacial score (nSPS) is 11.4. The highest BCUT2D eigenvalue weighted by atomic mass is 16.6. The maximum absolute atomic E-state index is 12.0. The van der Waals surface area contributed by atoms with Crippen molar-refractivity contribution in [3.63, 3.8) is 0 Å². The van der Waals surface area contributed by atoms with Crippen LogP contribution in [0, 0.1) is 0 Å². The molecule has 1 heterocycles. The van der Waals surface area contributed by atoms with Gasteiger partial charge in [-0.05, 0) is 39.3 Å². The fraction of sp³-hybridized carbons (Fsp3) is 0.412. The number of pyridine rings is 1. The summed E-state index contributed by atoms with van der Waals surface area (Å²) in [6, 6.07) is 9.71. The molecule has 2 rings (SSSR count). The van der Waals surface area contributed by atoms with Crippen molar-refractivity contribution >= 4 is 22.7 Å². The Morgan fingerprint density at radius 3 is 2.67 bits per heavy atom. The van der Waals surface area contributed by atoms with Gasteiger partial charge in [0.05, 0.1) is 11.2 Å². The number of aryl methyl sites for hydroxylation is 1. The third-order valence-corrected chi connectivity index (χ3v) is 2.91. The number of hydrogen-bond acceptors (Lipinski definition) is 3. The molecule has 0 fully saturated rings. The molecule has 0 saturated carbocycles. The van der Waals surface area contributed by atoms with E-state index in [1.54, 1.807) is 0 Å². The van der Waals surface area contributed by atoms with Crippen LogP contribution in [0.25, 0.3) is 10.9 Å². The smallest absolute Gasteiger partial charge is 0.412 e. The number of amides is 1. The third-order valence-electron chi connectivity index (χ3n) is 2.91. The topological polar surface area (TPSA) is 51.2 Å². The first-order valence-electron chi connectivity index (χ1n) is 7.27. The number of fused-ring (bicyclic) bond motifs is 1. The van der Waals surface area contributed by atoms with Gasteiger partial charge in [0.1, 0.15) is 5.60 Å². The standard InChI is InChI=1S/C17H22N2O2/c1-5-8-12-11-15(19-16(20)21-17(2,3)4)13-9-6-7-10-14(13)18-12/h6-7,9-11H,5,8H2,1-4H3,(H,18,19,20). The van der Waals surface area contributed by atoms with Crippen LogP contribution in [0.15, 0.2) is 30.3 Å². The zero-order valence-corrected chi connectivity index (χ0v) is 13.1. The number of nitrogens with one attached hydrogen (secondary N) is 1. The summed E-state index contributed by atoms with van der Waals surface area (Å²) >= 11 is 0. The summed E-state index contributed by atoms with van der Waals surface area (Å²) in [7, 11) is 0. The first-order chi connectivity index (χ1) is 9.89. The molecule has 0 aliphatic carbocycles. The summed E-state index contributed by atoms with van der Waals surface area (Å²) in [6.07, 6.45) is 1.45. The van der Waals surface area contributed by atoms with Crippen LogP contribution in [0.1, 0.15) is 39.8 Å². The van der Waals surface area contributed by atoms with Crippen molar-refractivity contribution in [2.45, 2.75) is 46.1 Å². The van der Waals surface area contributed by atoms with Gasteiger partial charge < -0.3 is 4.74 Å². The second-order valence-electron chi connectivity index (χ2n) is 6.06. The lowest BCUT2D eigenvalue weighted by Crippen LogP contribution is -2.27.